The summed E-state index contributed by atoms with van der Waals surface area (Å²) in [7, 11) is 0. The Morgan fingerprint density at radius 2 is 1.76 bits per heavy atom. The van der Waals surface area contributed by atoms with Gasteiger partial charge >= 0.3 is 5.97 Å². The number of rotatable bonds is 5. The number of carboxylic acid groups (broad SMARTS) is 1. The van der Waals surface area contributed by atoms with Crippen LogP contribution in [-0.2, 0) is 4.79 Å². The molecule has 0 aliphatic heterocycles. The molecular weight excluding hydrogens is 322 g/mol. The topological polar surface area (TPSA) is 115 Å². The Morgan fingerprint density at radius 1 is 1.08 bits per heavy atom. The quantitative estimate of drug-likeness (QED) is 0.568. The number of aliphatic carboxylic acids is 1. The van der Waals surface area contributed by atoms with E-state index >= 15 is 0 Å². The number of hydrogen-bond acceptors (Lipinski definition) is 5. The van der Waals surface area contributed by atoms with E-state index in [1.165, 1.54) is 30.3 Å². The molecule has 1 atom stereocenters. The number of aromatic nitrogens is 2. The molecule has 1 unspecified atom stereocenters. The minimum Gasteiger partial charge on any atom is -0.508 e. The van der Waals surface area contributed by atoms with Crippen molar-refractivity contribution in [2.75, 3.05) is 5.32 Å². The molecule has 3 aromatic rings. The van der Waals surface area contributed by atoms with Crippen LogP contribution in [0.4, 0.5) is 5.95 Å². The number of carbonyl (C=O) groups is 1. The van der Waals surface area contributed by atoms with Gasteiger partial charge in [-0.15, -0.1) is 0 Å². The molecule has 0 bridgehead atoms. The van der Waals surface area contributed by atoms with Gasteiger partial charge in [-0.25, -0.2) is 9.78 Å². The molecule has 0 aliphatic carbocycles. The summed E-state index contributed by atoms with van der Waals surface area (Å²) in [6.45, 7) is 0. The van der Waals surface area contributed by atoms with E-state index in [2.05, 4.69) is 15.3 Å². The number of aromatic hydroxyl groups is 1. The minimum absolute atomic E-state index is 0.0329. The Balaban J connectivity index is 1.95. The third kappa shape index (κ3) is 3.84. The molecular formula is C18H15N3O4. The van der Waals surface area contributed by atoms with Crippen LogP contribution in [-0.4, -0.2) is 26.2 Å². The van der Waals surface area contributed by atoms with Gasteiger partial charge in [-0.05, 0) is 17.7 Å². The predicted molar refractivity (Wildman–Crippen MR) is 92.4 cm³/mol. The number of benzene rings is 2. The zero-order chi connectivity index (χ0) is 17.8. The average molecular weight is 337 g/mol. The molecule has 25 heavy (non-hydrogen) atoms. The Hall–Kier alpha value is -3.61. The van der Waals surface area contributed by atoms with E-state index < -0.39 is 17.6 Å². The maximum atomic E-state index is 11.9. The van der Waals surface area contributed by atoms with Gasteiger partial charge in [0.15, 0.2) is 6.04 Å². The number of nitrogens with zero attached hydrogens (tertiary/aromatic N) is 1. The van der Waals surface area contributed by atoms with Gasteiger partial charge in [0.1, 0.15) is 5.75 Å². The van der Waals surface area contributed by atoms with Crippen LogP contribution in [0.15, 0.2) is 65.5 Å². The summed E-state index contributed by atoms with van der Waals surface area (Å²) >= 11 is 0. The number of hydrogen-bond donors (Lipinski definition) is 4. The Labute approximate surface area is 142 Å². The van der Waals surface area contributed by atoms with E-state index in [4.69, 9.17) is 0 Å². The van der Waals surface area contributed by atoms with Crippen LogP contribution in [0.1, 0.15) is 11.6 Å². The van der Waals surface area contributed by atoms with Crippen LogP contribution in [0.25, 0.3) is 11.3 Å². The van der Waals surface area contributed by atoms with E-state index in [1.807, 2.05) is 18.2 Å². The molecule has 126 valence electrons. The van der Waals surface area contributed by atoms with Crippen molar-refractivity contribution >= 4 is 11.9 Å². The lowest BCUT2D eigenvalue weighted by molar-refractivity contribution is -0.138. The van der Waals surface area contributed by atoms with Crippen molar-refractivity contribution in [3.8, 4) is 17.0 Å². The van der Waals surface area contributed by atoms with Crippen molar-refractivity contribution < 1.29 is 15.0 Å². The second kappa shape index (κ2) is 6.88. The molecule has 2 aromatic carbocycles. The normalized spacial score (nSPS) is 11.7. The van der Waals surface area contributed by atoms with E-state index in [0.29, 0.717) is 11.3 Å². The number of aromatic amines is 1. The highest BCUT2D eigenvalue weighted by atomic mass is 16.4. The molecule has 1 aromatic heterocycles. The fourth-order valence-electron chi connectivity index (χ4n) is 2.37. The van der Waals surface area contributed by atoms with Crippen LogP contribution in [0, 0.1) is 0 Å². The van der Waals surface area contributed by atoms with Crippen LogP contribution >= 0.6 is 0 Å². The molecule has 7 heteroatoms. The lowest BCUT2D eigenvalue weighted by Crippen LogP contribution is -2.23. The SMILES string of the molecule is O=C(O)C(Nc1nc(-c2ccccc2)cc(=O)[nH]1)c1ccc(O)cc1. The number of H-pyrrole nitrogens is 1. The molecule has 0 saturated carbocycles. The van der Waals surface area contributed by atoms with Gasteiger partial charge in [-0.1, -0.05) is 42.5 Å². The summed E-state index contributed by atoms with van der Waals surface area (Å²) in [4.78, 5) is 30.3. The first-order valence-electron chi connectivity index (χ1n) is 7.48. The maximum Gasteiger partial charge on any atom is 0.330 e. The fourth-order valence-corrected chi connectivity index (χ4v) is 2.37. The largest absolute Gasteiger partial charge is 0.508 e. The molecule has 0 fully saturated rings. The Morgan fingerprint density at radius 3 is 2.40 bits per heavy atom. The van der Waals surface area contributed by atoms with E-state index in [1.54, 1.807) is 12.1 Å². The highest BCUT2D eigenvalue weighted by Crippen LogP contribution is 2.21. The molecule has 4 N–H and O–H groups in total. The number of anilines is 1. The molecule has 1 heterocycles. The van der Waals surface area contributed by atoms with Gasteiger partial charge in [0.25, 0.3) is 5.56 Å². The Bertz CT molecular complexity index is 937. The van der Waals surface area contributed by atoms with E-state index in [0.717, 1.165) is 5.56 Å². The van der Waals surface area contributed by atoms with Gasteiger partial charge in [0.2, 0.25) is 5.95 Å². The molecule has 0 spiro atoms. The first kappa shape index (κ1) is 16.3. The monoisotopic (exact) mass is 337 g/mol. The predicted octanol–water partition coefficient (Wildman–Crippen LogP) is 2.38. The van der Waals surface area contributed by atoms with Crippen molar-refractivity contribution in [1.82, 2.24) is 9.97 Å². The summed E-state index contributed by atoms with van der Waals surface area (Å²) in [6.07, 6.45) is 0. The number of phenolic OH excluding ortho intramolecular Hbond substituents is 1. The highest BCUT2D eigenvalue weighted by molar-refractivity contribution is 5.78. The van der Waals surface area contributed by atoms with Gasteiger partial charge in [0, 0.05) is 11.6 Å². The van der Waals surface area contributed by atoms with Gasteiger partial charge in [0.05, 0.1) is 5.69 Å². The lowest BCUT2D eigenvalue weighted by Gasteiger charge is -2.15. The summed E-state index contributed by atoms with van der Waals surface area (Å²) in [5, 5.41) is 21.5. The first-order chi connectivity index (χ1) is 12.0. The second-order valence-electron chi connectivity index (χ2n) is 5.35. The smallest absolute Gasteiger partial charge is 0.330 e. The lowest BCUT2D eigenvalue weighted by atomic mass is 10.1. The van der Waals surface area contributed by atoms with E-state index in [9.17, 15) is 19.8 Å². The second-order valence-corrected chi connectivity index (χ2v) is 5.35. The maximum absolute atomic E-state index is 11.9. The first-order valence-corrected chi connectivity index (χ1v) is 7.48. The highest BCUT2D eigenvalue weighted by Gasteiger charge is 2.21. The zero-order valence-electron chi connectivity index (χ0n) is 13.0. The molecule has 0 amide bonds. The average Bonchev–Trinajstić information content (AvgIpc) is 2.61. The van der Waals surface area contributed by atoms with Crippen LogP contribution < -0.4 is 10.9 Å². The van der Waals surface area contributed by atoms with Gasteiger partial charge in [-0.3, -0.25) is 9.78 Å². The van der Waals surface area contributed by atoms with Gasteiger partial charge in [-0.2, -0.15) is 0 Å². The molecule has 0 saturated heterocycles. The summed E-state index contributed by atoms with van der Waals surface area (Å²) in [5.41, 5.74) is 1.19. The van der Waals surface area contributed by atoms with Crippen molar-refractivity contribution in [3.63, 3.8) is 0 Å². The van der Waals surface area contributed by atoms with Crippen molar-refractivity contribution in [2.24, 2.45) is 0 Å². The third-order valence-electron chi connectivity index (χ3n) is 3.57. The minimum atomic E-state index is -1.14. The Kier molecular flexibility index (Phi) is 4.47. The number of phenols is 1. The van der Waals surface area contributed by atoms with Crippen LogP contribution in [0.5, 0.6) is 5.75 Å². The van der Waals surface area contributed by atoms with Gasteiger partial charge < -0.3 is 15.5 Å². The molecule has 7 nitrogen and oxygen atoms in total. The van der Waals surface area contributed by atoms with Crippen molar-refractivity contribution in [2.45, 2.75) is 6.04 Å². The van der Waals surface area contributed by atoms with Crippen molar-refractivity contribution in [3.05, 3.63) is 76.6 Å². The van der Waals surface area contributed by atoms with Crippen molar-refractivity contribution in [1.29, 1.82) is 0 Å². The molecule has 3 rings (SSSR count). The van der Waals surface area contributed by atoms with Crippen LogP contribution in [0.3, 0.4) is 0 Å². The molecule has 0 aliphatic rings. The third-order valence-corrected chi connectivity index (χ3v) is 3.57. The van der Waals surface area contributed by atoms with E-state index in [-0.39, 0.29) is 11.7 Å². The number of nitrogens with one attached hydrogen (secondary N) is 2. The number of carboxylic acids is 1. The summed E-state index contributed by atoms with van der Waals surface area (Å²) in [5.74, 6) is -1.06. The summed E-state index contributed by atoms with van der Waals surface area (Å²) in [6, 6.07) is 15.1. The van der Waals surface area contributed by atoms with Crippen LogP contribution in [0.2, 0.25) is 0 Å². The fraction of sp³-hybridized carbons (Fsp3) is 0.0556. The molecule has 0 radical (unpaired) electrons. The zero-order valence-corrected chi connectivity index (χ0v) is 13.0. The summed E-state index contributed by atoms with van der Waals surface area (Å²) < 4.78 is 0. The standard InChI is InChI=1S/C18H15N3O4/c22-13-8-6-12(7-9-13)16(17(24)25)21-18-19-14(10-15(23)20-18)11-4-2-1-3-5-11/h1-10,16,22H,(H,24,25)(H2,19,20,21,23).